The molecule has 1 rings (SSSR count). The van der Waals surface area contributed by atoms with Crippen LogP contribution in [0.2, 0.25) is 0 Å². The average molecular weight is 209 g/mol. The van der Waals surface area contributed by atoms with Gasteiger partial charge >= 0.3 is 0 Å². The van der Waals surface area contributed by atoms with E-state index in [1.807, 2.05) is 0 Å². The van der Waals surface area contributed by atoms with Crippen molar-refractivity contribution in [1.82, 2.24) is 0 Å². The highest BCUT2D eigenvalue weighted by Crippen LogP contribution is 2.33. The molecule has 3 unspecified atom stereocenters. The van der Waals surface area contributed by atoms with Crippen LogP contribution in [0.4, 0.5) is 0 Å². The van der Waals surface area contributed by atoms with Crippen molar-refractivity contribution in [3.05, 3.63) is 24.3 Å². The van der Waals surface area contributed by atoms with Crippen LogP contribution in [-0.2, 0) is 0 Å². The van der Waals surface area contributed by atoms with Gasteiger partial charge in [-0.15, -0.1) is 23.2 Å². The number of allylic oxidation sites excluding steroid dienone is 3. The summed E-state index contributed by atoms with van der Waals surface area (Å²) >= 11 is 11.9. The zero-order valence-corrected chi connectivity index (χ0v) is 7.83. The van der Waals surface area contributed by atoms with Gasteiger partial charge < -0.3 is 10.2 Å². The van der Waals surface area contributed by atoms with Crippen molar-refractivity contribution >= 4 is 23.2 Å². The summed E-state index contributed by atoms with van der Waals surface area (Å²) in [6.45, 7) is -0.398. The van der Waals surface area contributed by atoms with Crippen LogP contribution in [0.25, 0.3) is 0 Å². The molecule has 0 bridgehead atoms. The second-order valence-corrected chi connectivity index (χ2v) is 3.80. The number of aliphatic hydroxyl groups excluding tert-OH is 2. The van der Waals surface area contributed by atoms with E-state index in [0.29, 0.717) is 0 Å². The Morgan fingerprint density at radius 1 is 1.50 bits per heavy atom. The third-order valence-electron chi connectivity index (χ3n) is 1.85. The van der Waals surface area contributed by atoms with Gasteiger partial charge in [0.1, 0.15) is 11.0 Å². The van der Waals surface area contributed by atoms with Crippen LogP contribution < -0.4 is 0 Å². The first-order chi connectivity index (χ1) is 5.61. The molecule has 0 aromatic rings. The Labute approximate surface area is 81.1 Å². The summed E-state index contributed by atoms with van der Waals surface area (Å²) in [4.78, 5) is -1.08. The van der Waals surface area contributed by atoms with Crippen molar-refractivity contribution in [1.29, 1.82) is 0 Å². The lowest BCUT2D eigenvalue weighted by Crippen LogP contribution is -2.45. The monoisotopic (exact) mass is 208 g/mol. The van der Waals surface area contributed by atoms with Gasteiger partial charge in [-0.05, 0) is 0 Å². The Morgan fingerprint density at radius 3 is 2.67 bits per heavy atom. The molecule has 0 radical (unpaired) electrons. The first kappa shape index (κ1) is 10.1. The normalized spacial score (nSPS) is 36.8. The Balaban J connectivity index is 2.82. The third-order valence-corrected chi connectivity index (χ3v) is 3.08. The molecule has 0 spiro atoms. The number of hydrogen-bond donors (Lipinski definition) is 2. The highest BCUT2D eigenvalue weighted by Gasteiger charge is 2.39. The molecular weight excluding hydrogens is 199 g/mol. The molecule has 4 heteroatoms. The van der Waals surface area contributed by atoms with E-state index in [-0.39, 0.29) is 0 Å². The molecule has 68 valence electrons. The van der Waals surface area contributed by atoms with Crippen molar-refractivity contribution in [3.8, 4) is 0 Å². The zero-order chi connectivity index (χ0) is 9.19. The van der Waals surface area contributed by atoms with Crippen molar-refractivity contribution in [3.63, 3.8) is 0 Å². The van der Waals surface area contributed by atoms with Crippen molar-refractivity contribution in [2.75, 3.05) is 6.61 Å². The summed E-state index contributed by atoms with van der Waals surface area (Å²) in [5, 5.41) is 17.6. The Hall–Kier alpha value is -0.0200. The molecule has 0 amide bonds. The van der Waals surface area contributed by atoms with Crippen LogP contribution in [-0.4, -0.2) is 33.2 Å². The Morgan fingerprint density at radius 2 is 2.17 bits per heavy atom. The average Bonchev–Trinajstić information content (AvgIpc) is 2.09. The molecule has 0 aromatic carbocycles. The van der Waals surface area contributed by atoms with Gasteiger partial charge in [0.2, 0.25) is 0 Å². The van der Waals surface area contributed by atoms with Crippen molar-refractivity contribution in [2.45, 2.75) is 16.4 Å². The summed E-state index contributed by atoms with van der Waals surface area (Å²) in [5.41, 5.74) is 0. The van der Waals surface area contributed by atoms with E-state index in [4.69, 9.17) is 28.3 Å². The van der Waals surface area contributed by atoms with Gasteiger partial charge in [-0.2, -0.15) is 0 Å². The third kappa shape index (κ3) is 1.67. The van der Waals surface area contributed by atoms with Crippen LogP contribution in [0.15, 0.2) is 24.3 Å². The summed E-state index contributed by atoms with van der Waals surface area (Å²) < 4.78 is 0. The van der Waals surface area contributed by atoms with Gasteiger partial charge in [0.05, 0.1) is 12.0 Å². The first-order valence-corrected chi connectivity index (χ1v) is 4.40. The van der Waals surface area contributed by atoms with Crippen molar-refractivity contribution in [2.24, 2.45) is 0 Å². The van der Waals surface area contributed by atoms with Gasteiger partial charge in [0.25, 0.3) is 0 Å². The molecule has 1 aliphatic rings. The molecule has 1 aliphatic carbocycles. The van der Waals surface area contributed by atoms with E-state index < -0.39 is 23.0 Å². The summed E-state index contributed by atoms with van der Waals surface area (Å²) in [6, 6.07) is 0. The standard InChI is InChI=1S/C8H10Cl2O2/c9-6-3-1-2-4-8(6,10)7(12)5-11/h1-4,6-7,11-12H,5H2. The fourth-order valence-corrected chi connectivity index (χ4v) is 1.56. The molecule has 2 nitrogen and oxygen atoms in total. The van der Waals surface area contributed by atoms with E-state index in [1.54, 1.807) is 24.3 Å². The fourth-order valence-electron chi connectivity index (χ4n) is 1.04. The predicted molar refractivity (Wildman–Crippen MR) is 49.6 cm³/mol. The molecule has 3 atom stereocenters. The second-order valence-electron chi connectivity index (χ2n) is 2.67. The number of aliphatic hydroxyl groups is 2. The first-order valence-electron chi connectivity index (χ1n) is 3.59. The Bertz CT molecular complexity index is 215. The molecule has 0 heterocycles. The Kier molecular flexibility index (Phi) is 3.18. The summed E-state index contributed by atoms with van der Waals surface area (Å²) in [7, 11) is 0. The van der Waals surface area contributed by atoms with Crippen LogP contribution in [0.3, 0.4) is 0 Å². The molecule has 0 saturated heterocycles. The molecular formula is C8H10Cl2O2. The van der Waals surface area contributed by atoms with Gasteiger partial charge in [0, 0.05) is 0 Å². The number of halogens is 2. The smallest absolute Gasteiger partial charge is 0.111 e. The molecule has 0 aliphatic heterocycles. The van der Waals surface area contributed by atoms with E-state index in [9.17, 15) is 5.11 Å². The molecule has 0 aromatic heterocycles. The largest absolute Gasteiger partial charge is 0.394 e. The van der Waals surface area contributed by atoms with E-state index in [1.165, 1.54) is 0 Å². The molecule has 0 fully saturated rings. The fraction of sp³-hybridized carbons (Fsp3) is 0.500. The van der Waals surface area contributed by atoms with Crippen molar-refractivity contribution < 1.29 is 10.2 Å². The topological polar surface area (TPSA) is 40.5 Å². The minimum Gasteiger partial charge on any atom is -0.394 e. The maximum atomic E-state index is 9.36. The van der Waals surface area contributed by atoms with Gasteiger partial charge in [-0.3, -0.25) is 0 Å². The number of alkyl halides is 2. The van der Waals surface area contributed by atoms with Crippen LogP contribution >= 0.6 is 23.2 Å². The van der Waals surface area contributed by atoms with Gasteiger partial charge in [0.15, 0.2) is 0 Å². The molecule has 2 N–H and O–H groups in total. The number of rotatable bonds is 2. The maximum Gasteiger partial charge on any atom is 0.111 e. The minimum absolute atomic E-state index is 0.398. The zero-order valence-electron chi connectivity index (χ0n) is 6.32. The summed E-state index contributed by atoms with van der Waals surface area (Å²) in [5.74, 6) is 0. The number of hydrogen-bond acceptors (Lipinski definition) is 2. The minimum atomic E-state index is -1.08. The predicted octanol–water partition coefficient (Wildman–Crippen LogP) is 1.05. The second kappa shape index (κ2) is 3.79. The van der Waals surface area contributed by atoms with E-state index >= 15 is 0 Å². The quantitative estimate of drug-likeness (QED) is 0.667. The van der Waals surface area contributed by atoms with E-state index in [0.717, 1.165) is 0 Å². The van der Waals surface area contributed by atoms with Crippen LogP contribution in [0.1, 0.15) is 0 Å². The highest BCUT2D eigenvalue weighted by molar-refractivity contribution is 6.34. The SMILES string of the molecule is OCC(O)C1(Cl)C=CC=CC1Cl. The van der Waals surface area contributed by atoms with E-state index in [2.05, 4.69) is 0 Å². The summed E-state index contributed by atoms with van der Waals surface area (Å²) in [6.07, 6.45) is 5.68. The highest BCUT2D eigenvalue weighted by atomic mass is 35.5. The van der Waals surface area contributed by atoms with Gasteiger partial charge in [-0.1, -0.05) is 24.3 Å². The van der Waals surface area contributed by atoms with Crippen LogP contribution in [0.5, 0.6) is 0 Å². The molecule has 0 saturated carbocycles. The van der Waals surface area contributed by atoms with Gasteiger partial charge in [-0.25, -0.2) is 0 Å². The van der Waals surface area contributed by atoms with Crippen LogP contribution in [0, 0.1) is 0 Å². The molecule has 12 heavy (non-hydrogen) atoms. The maximum absolute atomic E-state index is 9.36. The lowest BCUT2D eigenvalue weighted by atomic mass is 9.93. The lowest BCUT2D eigenvalue weighted by molar-refractivity contribution is 0.0740. The lowest BCUT2D eigenvalue weighted by Gasteiger charge is -2.32.